The molecule has 1 aromatic carbocycles. The fraction of sp³-hybridized carbons (Fsp3) is 0.188. The summed E-state index contributed by atoms with van der Waals surface area (Å²) < 4.78 is 0. The molecule has 4 rings (SSSR count). The van der Waals surface area contributed by atoms with Crippen LogP contribution in [0, 0.1) is 6.92 Å². The minimum Gasteiger partial charge on any atom is -0.311 e. The molecule has 3 aromatic rings. The number of amides is 1. The normalized spacial score (nSPS) is 17.1. The zero-order chi connectivity index (χ0) is 15.1. The van der Waals surface area contributed by atoms with Gasteiger partial charge in [0.25, 0.3) is 0 Å². The van der Waals surface area contributed by atoms with Gasteiger partial charge in [0.2, 0.25) is 5.91 Å². The number of fused-ring (bicyclic) bond motifs is 1. The van der Waals surface area contributed by atoms with E-state index in [2.05, 4.69) is 39.6 Å². The van der Waals surface area contributed by atoms with Gasteiger partial charge < -0.3 is 5.32 Å². The first kappa shape index (κ1) is 13.2. The Kier molecular flexibility index (Phi) is 3.04. The van der Waals surface area contributed by atoms with E-state index in [-0.39, 0.29) is 11.8 Å². The topological polar surface area (TPSA) is 70.7 Å². The van der Waals surface area contributed by atoms with E-state index in [1.807, 2.05) is 18.3 Å². The summed E-state index contributed by atoms with van der Waals surface area (Å²) in [6.45, 7) is 2.08. The van der Waals surface area contributed by atoms with Gasteiger partial charge in [-0.05, 0) is 12.5 Å². The van der Waals surface area contributed by atoms with Crippen molar-refractivity contribution in [1.29, 1.82) is 0 Å². The van der Waals surface area contributed by atoms with Gasteiger partial charge in [0, 0.05) is 34.5 Å². The minimum absolute atomic E-state index is 0.00703. The van der Waals surface area contributed by atoms with Crippen LogP contribution in [0.5, 0.6) is 0 Å². The second kappa shape index (κ2) is 5.06. The van der Waals surface area contributed by atoms with Crippen LogP contribution in [0.2, 0.25) is 0 Å². The van der Waals surface area contributed by atoms with Gasteiger partial charge in [0.05, 0.1) is 6.20 Å². The maximum absolute atomic E-state index is 11.9. The van der Waals surface area contributed by atoms with E-state index in [4.69, 9.17) is 0 Å². The molecule has 0 fully saturated rings. The lowest BCUT2D eigenvalue weighted by atomic mass is 9.93. The maximum Gasteiger partial charge on any atom is 0.226 e. The van der Waals surface area contributed by atoms with Gasteiger partial charge >= 0.3 is 0 Å². The molecular formula is C16H14N4OS. The van der Waals surface area contributed by atoms with Crippen LogP contribution in [0.15, 0.2) is 36.7 Å². The fourth-order valence-electron chi connectivity index (χ4n) is 2.78. The van der Waals surface area contributed by atoms with Crippen molar-refractivity contribution in [1.82, 2.24) is 15.2 Å². The summed E-state index contributed by atoms with van der Waals surface area (Å²) in [4.78, 5) is 17.5. The number of aromatic nitrogens is 3. The molecule has 1 aliphatic heterocycles. The first-order chi connectivity index (χ1) is 10.7. The van der Waals surface area contributed by atoms with Crippen LogP contribution < -0.4 is 5.32 Å². The summed E-state index contributed by atoms with van der Waals surface area (Å²) >= 11 is 1.64. The molecular weight excluding hydrogens is 296 g/mol. The smallest absolute Gasteiger partial charge is 0.226 e. The number of hydrogen-bond acceptors (Lipinski definition) is 4. The summed E-state index contributed by atoms with van der Waals surface area (Å²) in [5, 5.41) is 10.7. The van der Waals surface area contributed by atoms with E-state index < -0.39 is 0 Å². The van der Waals surface area contributed by atoms with Crippen LogP contribution in [0.25, 0.3) is 10.6 Å². The number of nitrogens with one attached hydrogen (secondary N) is 2. The highest BCUT2D eigenvalue weighted by Crippen LogP contribution is 2.40. The number of nitrogens with zero attached hydrogens (tertiary/aromatic N) is 2. The quantitative estimate of drug-likeness (QED) is 0.763. The van der Waals surface area contributed by atoms with E-state index in [1.165, 1.54) is 5.56 Å². The van der Waals surface area contributed by atoms with Crippen molar-refractivity contribution in [3.8, 4) is 10.6 Å². The molecule has 0 bridgehead atoms. The maximum atomic E-state index is 11.9. The van der Waals surface area contributed by atoms with Gasteiger partial charge in [-0.1, -0.05) is 24.3 Å². The number of carbonyl (C=O) groups excluding carboxylic acids is 1. The molecule has 1 amide bonds. The Morgan fingerprint density at radius 2 is 2.14 bits per heavy atom. The van der Waals surface area contributed by atoms with Gasteiger partial charge in [-0.15, -0.1) is 11.3 Å². The van der Waals surface area contributed by atoms with Gasteiger partial charge in [-0.25, -0.2) is 4.98 Å². The Morgan fingerprint density at radius 1 is 1.27 bits per heavy atom. The predicted octanol–water partition coefficient (Wildman–Crippen LogP) is 3.32. The number of benzene rings is 1. The van der Waals surface area contributed by atoms with Crippen molar-refractivity contribution in [3.63, 3.8) is 0 Å². The number of anilines is 1. The number of rotatable bonds is 2. The summed E-state index contributed by atoms with van der Waals surface area (Å²) in [5.74, 6) is 0.734. The summed E-state index contributed by atoms with van der Waals surface area (Å²) in [6.07, 6.45) is 4.10. The molecule has 5 nitrogen and oxygen atoms in total. The molecule has 1 aliphatic rings. The molecule has 0 unspecified atom stereocenters. The molecule has 0 spiro atoms. The van der Waals surface area contributed by atoms with Crippen molar-refractivity contribution in [2.75, 3.05) is 5.32 Å². The third kappa shape index (κ3) is 2.12. The summed E-state index contributed by atoms with van der Waals surface area (Å²) in [6, 6.07) is 8.20. The Morgan fingerprint density at radius 3 is 3.00 bits per heavy atom. The summed E-state index contributed by atoms with van der Waals surface area (Å²) in [5.41, 5.74) is 3.37. The average Bonchev–Trinajstić information content (AvgIpc) is 3.15. The van der Waals surface area contributed by atoms with E-state index in [1.54, 1.807) is 17.5 Å². The zero-order valence-electron chi connectivity index (χ0n) is 12.0. The van der Waals surface area contributed by atoms with Gasteiger partial charge in [-0.2, -0.15) is 5.10 Å². The number of aromatic amines is 1. The monoisotopic (exact) mass is 310 g/mol. The molecule has 22 heavy (non-hydrogen) atoms. The molecule has 0 radical (unpaired) electrons. The van der Waals surface area contributed by atoms with Crippen molar-refractivity contribution in [3.05, 3.63) is 52.7 Å². The van der Waals surface area contributed by atoms with Crippen molar-refractivity contribution < 1.29 is 4.79 Å². The highest BCUT2D eigenvalue weighted by molar-refractivity contribution is 7.15. The lowest BCUT2D eigenvalue weighted by Gasteiger charge is -2.20. The lowest BCUT2D eigenvalue weighted by Crippen LogP contribution is -2.22. The van der Waals surface area contributed by atoms with Crippen LogP contribution in [0.4, 0.5) is 5.82 Å². The number of hydrogen-bond donors (Lipinski definition) is 2. The lowest BCUT2D eigenvalue weighted by molar-refractivity contribution is -0.116. The standard InChI is InChI=1S/C16H14N4OS/c1-9-4-2-3-5-10(9)16-17-8-13(22-16)11-6-14(21)19-15-12(11)7-18-20-15/h2-5,7-8,11H,6H2,1H3,(H2,18,19,20,21)/t11-/m1/s1. The molecule has 3 heterocycles. The van der Waals surface area contributed by atoms with Gasteiger partial charge in [0.1, 0.15) is 10.8 Å². The molecule has 2 aromatic heterocycles. The van der Waals surface area contributed by atoms with Crippen molar-refractivity contribution in [2.45, 2.75) is 19.3 Å². The largest absolute Gasteiger partial charge is 0.311 e. The third-order valence-corrected chi connectivity index (χ3v) is 5.08. The molecule has 110 valence electrons. The highest BCUT2D eigenvalue weighted by atomic mass is 32.1. The predicted molar refractivity (Wildman–Crippen MR) is 86.0 cm³/mol. The van der Waals surface area contributed by atoms with E-state index in [0.29, 0.717) is 12.2 Å². The number of thiazole rings is 1. The summed E-state index contributed by atoms with van der Waals surface area (Å²) in [7, 11) is 0. The first-order valence-electron chi connectivity index (χ1n) is 7.07. The number of H-pyrrole nitrogens is 1. The molecule has 1 atom stereocenters. The second-order valence-electron chi connectivity index (χ2n) is 5.39. The fourth-order valence-corrected chi connectivity index (χ4v) is 3.91. The van der Waals surface area contributed by atoms with Crippen LogP contribution in [0.3, 0.4) is 0 Å². The minimum atomic E-state index is 0.00703. The SMILES string of the molecule is Cc1ccccc1-c1ncc([C@@H]2CC(=O)Nc3[nH]ncc32)s1. The number of carbonyl (C=O) groups is 1. The van der Waals surface area contributed by atoms with Crippen molar-refractivity contribution in [2.24, 2.45) is 0 Å². The average molecular weight is 310 g/mol. The van der Waals surface area contributed by atoms with E-state index in [9.17, 15) is 4.79 Å². The molecule has 2 N–H and O–H groups in total. The Labute approximate surface area is 131 Å². The highest BCUT2D eigenvalue weighted by Gasteiger charge is 2.29. The third-order valence-electron chi connectivity index (χ3n) is 3.94. The molecule has 6 heteroatoms. The zero-order valence-corrected chi connectivity index (χ0v) is 12.8. The van der Waals surface area contributed by atoms with Crippen LogP contribution in [0.1, 0.15) is 28.3 Å². The Hall–Kier alpha value is -2.47. The van der Waals surface area contributed by atoms with Crippen LogP contribution in [-0.2, 0) is 4.79 Å². The van der Waals surface area contributed by atoms with Crippen LogP contribution >= 0.6 is 11.3 Å². The Bertz CT molecular complexity index is 851. The molecule has 0 saturated carbocycles. The Balaban J connectivity index is 1.74. The number of aryl methyl sites for hydroxylation is 1. The van der Waals surface area contributed by atoms with E-state index >= 15 is 0 Å². The van der Waals surface area contributed by atoms with Crippen LogP contribution in [-0.4, -0.2) is 21.1 Å². The molecule has 0 saturated heterocycles. The van der Waals surface area contributed by atoms with Gasteiger partial charge in [0.15, 0.2) is 0 Å². The van der Waals surface area contributed by atoms with E-state index in [0.717, 1.165) is 21.0 Å². The first-order valence-corrected chi connectivity index (χ1v) is 7.89. The second-order valence-corrected chi connectivity index (χ2v) is 6.45. The van der Waals surface area contributed by atoms with Crippen molar-refractivity contribution >= 4 is 23.1 Å². The molecule has 0 aliphatic carbocycles. The van der Waals surface area contributed by atoms with Gasteiger partial charge in [-0.3, -0.25) is 9.89 Å².